The minimum absolute atomic E-state index is 0.221. The molecule has 0 amide bonds. The van der Waals surface area contributed by atoms with Crippen LogP contribution in [0, 0.1) is 0 Å². The van der Waals surface area contributed by atoms with Crippen LogP contribution in [0.4, 0.5) is 13.2 Å². The van der Waals surface area contributed by atoms with Crippen LogP contribution < -0.4 is 9.47 Å². The number of hydrogen-bond donors (Lipinski definition) is 0. The van der Waals surface area contributed by atoms with Crippen LogP contribution in [0.2, 0.25) is 0 Å². The van der Waals surface area contributed by atoms with Gasteiger partial charge in [-0.25, -0.2) is 0 Å². The van der Waals surface area contributed by atoms with E-state index in [9.17, 15) is 13.2 Å². The van der Waals surface area contributed by atoms with E-state index in [4.69, 9.17) is 9.47 Å². The van der Waals surface area contributed by atoms with E-state index in [2.05, 4.69) is 0 Å². The molecule has 0 aliphatic heterocycles. The van der Waals surface area contributed by atoms with E-state index in [1.54, 1.807) is 6.92 Å². The molecule has 5 heteroatoms. The maximum Gasteiger partial charge on any atom is 0.419 e. The molecule has 0 fully saturated rings. The lowest BCUT2D eigenvalue weighted by Gasteiger charge is -2.15. The van der Waals surface area contributed by atoms with Crippen LogP contribution in [0.3, 0.4) is 0 Å². The van der Waals surface area contributed by atoms with Crippen LogP contribution in [0.25, 0.3) is 0 Å². The van der Waals surface area contributed by atoms with Crippen LogP contribution in [0.1, 0.15) is 18.1 Å². The fourth-order valence-electron chi connectivity index (χ4n) is 1.46. The number of alkyl halides is 3. The number of rotatable bonds is 3. The van der Waals surface area contributed by atoms with Crippen molar-refractivity contribution in [2.24, 2.45) is 0 Å². The molecule has 1 aromatic carbocycles. The second-order valence-electron chi connectivity index (χ2n) is 3.22. The molecule has 0 unspecified atom stereocenters. The van der Waals surface area contributed by atoms with Crippen molar-refractivity contribution in [1.29, 1.82) is 0 Å². The van der Waals surface area contributed by atoms with Crippen LogP contribution in [-0.2, 0) is 12.6 Å². The smallest absolute Gasteiger partial charge is 0.419 e. The highest BCUT2D eigenvalue weighted by atomic mass is 19.4. The minimum Gasteiger partial charge on any atom is -0.496 e. The molecule has 1 aromatic rings. The average molecular weight is 234 g/mol. The van der Waals surface area contributed by atoms with Gasteiger partial charge in [-0.1, -0.05) is 6.92 Å². The summed E-state index contributed by atoms with van der Waals surface area (Å²) in [7, 11) is 2.62. The Kier molecular flexibility index (Phi) is 3.67. The van der Waals surface area contributed by atoms with Gasteiger partial charge in [-0.15, -0.1) is 0 Å². The van der Waals surface area contributed by atoms with Crippen LogP contribution >= 0.6 is 0 Å². The highest BCUT2D eigenvalue weighted by Gasteiger charge is 2.35. The van der Waals surface area contributed by atoms with E-state index in [0.717, 1.165) is 6.07 Å². The fourth-order valence-corrected chi connectivity index (χ4v) is 1.46. The largest absolute Gasteiger partial charge is 0.496 e. The number of methoxy groups -OCH3 is 2. The van der Waals surface area contributed by atoms with Crippen molar-refractivity contribution in [2.45, 2.75) is 19.5 Å². The molecule has 0 aliphatic rings. The Morgan fingerprint density at radius 1 is 1.06 bits per heavy atom. The summed E-state index contributed by atoms with van der Waals surface area (Å²) in [6, 6.07) is 2.33. The summed E-state index contributed by atoms with van der Waals surface area (Å²) in [5.41, 5.74) is -0.261. The summed E-state index contributed by atoms with van der Waals surface area (Å²) in [5.74, 6) is 0.189. The van der Waals surface area contributed by atoms with E-state index in [1.165, 1.54) is 20.3 Å². The maximum atomic E-state index is 12.7. The second-order valence-corrected chi connectivity index (χ2v) is 3.22. The third-order valence-corrected chi connectivity index (χ3v) is 2.29. The van der Waals surface area contributed by atoms with Gasteiger partial charge in [0.2, 0.25) is 0 Å². The van der Waals surface area contributed by atoms with Gasteiger partial charge in [0, 0.05) is 6.07 Å². The van der Waals surface area contributed by atoms with Gasteiger partial charge in [0.15, 0.2) is 0 Å². The van der Waals surface area contributed by atoms with Gasteiger partial charge in [0.05, 0.1) is 19.8 Å². The van der Waals surface area contributed by atoms with Crippen molar-refractivity contribution in [1.82, 2.24) is 0 Å². The Morgan fingerprint density at radius 3 is 2.00 bits per heavy atom. The zero-order valence-corrected chi connectivity index (χ0v) is 9.31. The Balaban J connectivity index is 3.38. The molecule has 2 nitrogen and oxygen atoms in total. The number of halogens is 3. The molecule has 90 valence electrons. The lowest BCUT2D eigenvalue weighted by molar-refractivity contribution is -0.138. The molecule has 0 saturated heterocycles. The average Bonchev–Trinajstić information content (AvgIpc) is 2.25. The summed E-state index contributed by atoms with van der Waals surface area (Å²) >= 11 is 0. The van der Waals surface area contributed by atoms with Gasteiger partial charge < -0.3 is 9.47 Å². The van der Waals surface area contributed by atoms with Crippen molar-refractivity contribution in [2.75, 3.05) is 14.2 Å². The van der Waals surface area contributed by atoms with Gasteiger partial charge >= 0.3 is 6.18 Å². The van der Waals surface area contributed by atoms with Gasteiger partial charge in [-0.3, -0.25) is 0 Å². The molecule has 0 N–H and O–H groups in total. The summed E-state index contributed by atoms with van der Waals surface area (Å²) in [5, 5.41) is 0. The van der Waals surface area contributed by atoms with E-state index >= 15 is 0 Å². The quantitative estimate of drug-likeness (QED) is 0.799. The Morgan fingerprint density at radius 2 is 1.62 bits per heavy atom. The lowest BCUT2D eigenvalue weighted by atomic mass is 10.1. The third-order valence-electron chi connectivity index (χ3n) is 2.29. The monoisotopic (exact) mass is 234 g/mol. The maximum absolute atomic E-state index is 12.7. The third kappa shape index (κ3) is 2.40. The van der Waals surface area contributed by atoms with E-state index in [-0.39, 0.29) is 5.75 Å². The minimum atomic E-state index is -4.42. The Bertz CT molecular complexity index is 372. The van der Waals surface area contributed by atoms with Crippen LogP contribution in [-0.4, -0.2) is 14.2 Å². The molecule has 0 heterocycles. The van der Waals surface area contributed by atoms with Crippen molar-refractivity contribution >= 4 is 0 Å². The first-order valence-corrected chi connectivity index (χ1v) is 4.76. The van der Waals surface area contributed by atoms with E-state index in [0.29, 0.717) is 17.7 Å². The van der Waals surface area contributed by atoms with Gasteiger partial charge in [-0.05, 0) is 18.1 Å². The predicted octanol–water partition coefficient (Wildman–Crippen LogP) is 3.29. The number of aryl methyl sites for hydroxylation is 1. The molecular formula is C11H13F3O2. The first kappa shape index (κ1) is 12.7. The SMILES string of the molecule is CCc1cc(C(F)(F)F)c(OC)cc1OC. The lowest BCUT2D eigenvalue weighted by Crippen LogP contribution is -2.09. The molecule has 0 radical (unpaired) electrons. The fraction of sp³-hybridized carbons (Fsp3) is 0.455. The first-order chi connectivity index (χ1) is 7.43. The topological polar surface area (TPSA) is 18.5 Å². The van der Waals surface area contributed by atoms with E-state index < -0.39 is 11.7 Å². The van der Waals surface area contributed by atoms with Crippen molar-refractivity contribution in [3.63, 3.8) is 0 Å². The Labute approximate surface area is 92.0 Å². The molecular weight excluding hydrogens is 221 g/mol. The van der Waals surface area contributed by atoms with Crippen LogP contribution in [0.15, 0.2) is 12.1 Å². The zero-order valence-electron chi connectivity index (χ0n) is 9.31. The van der Waals surface area contributed by atoms with Crippen LogP contribution in [0.5, 0.6) is 11.5 Å². The summed E-state index contributed by atoms with van der Waals surface area (Å²) in [6.07, 6.45) is -3.95. The standard InChI is InChI=1S/C11H13F3O2/c1-4-7-5-8(11(12,13)14)10(16-3)6-9(7)15-2/h5-6H,4H2,1-3H3. The van der Waals surface area contributed by atoms with Gasteiger partial charge in [0.1, 0.15) is 11.5 Å². The van der Waals surface area contributed by atoms with Crippen molar-refractivity contribution < 1.29 is 22.6 Å². The normalized spacial score (nSPS) is 11.4. The Hall–Kier alpha value is -1.39. The number of benzene rings is 1. The molecule has 1 rings (SSSR count). The predicted molar refractivity (Wildman–Crippen MR) is 53.9 cm³/mol. The highest BCUT2D eigenvalue weighted by molar-refractivity contribution is 5.47. The highest BCUT2D eigenvalue weighted by Crippen LogP contribution is 2.39. The molecule has 16 heavy (non-hydrogen) atoms. The molecule has 0 bridgehead atoms. The van der Waals surface area contributed by atoms with Crippen molar-refractivity contribution in [3.8, 4) is 11.5 Å². The second kappa shape index (κ2) is 4.63. The van der Waals surface area contributed by atoms with Crippen molar-refractivity contribution in [3.05, 3.63) is 23.3 Å². The van der Waals surface area contributed by atoms with E-state index in [1.807, 2.05) is 0 Å². The number of ether oxygens (including phenoxy) is 2. The van der Waals surface area contributed by atoms with Gasteiger partial charge in [-0.2, -0.15) is 13.2 Å². The molecule has 0 aromatic heterocycles. The first-order valence-electron chi connectivity index (χ1n) is 4.76. The zero-order chi connectivity index (χ0) is 12.3. The molecule has 0 saturated carbocycles. The summed E-state index contributed by atoms with van der Waals surface area (Å²) in [4.78, 5) is 0. The molecule has 0 atom stereocenters. The molecule has 0 aliphatic carbocycles. The summed E-state index contributed by atoms with van der Waals surface area (Å²) < 4.78 is 47.7. The number of hydrogen-bond acceptors (Lipinski definition) is 2. The summed E-state index contributed by atoms with van der Waals surface area (Å²) in [6.45, 7) is 1.77. The van der Waals surface area contributed by atoms with Gasteiger partial charge in [0.25, 0.3) is 0 Å². The molecule has 0 spiro atoms.